The zero-order chi connectivity index (χ0) is 13.5. The van der Waals surface area contributed by atoms with Gasteiger partial charge in [-0.3, -0.25) is 0 Å². The lowest BCUT2D eigenvalue weighted by Gasteiger charge is -2.27. The standard InChI is InChI=1S/C12H24Br4Si/c1-10(13)4-7-17(16,8-5-11(2)14)9-6-12(3)15/h10-12H,4-9H2,1-3H3. The van der Waals surface area contributed by atoms with Crippen LogP contribution < -0.4 is 0 Å². The van der Waals surface area contributed by atoms with Crippen molar-refractivity contribution in [1.29, 1.82) is 0 Å². The highest BCUT2D eigenvalue weighted by molar-refractivity contribution is 9.26. The van der Waals surface area contributed by atoms with Gasteiger partial charge in [0.05, 0.1) is 0 Å². The Morgan fingerprint density at radius 1 is 0.706 bits per heavy atom. The van der Waals surface area contributed by atoms with Crippen LogP contribution in [0.15, 0.2) is 0 Å². The lowest BCUT2D eigenvalue weighted by atomic mass is 10.4. The molecule has 0 aliphatic heterocycles. The quantitative estimate of drug-likeness (QED) is 0.179. The third-order valence-corrected chi connectivity index (χ3v) is 11.5. The zero-order valence-corrected chi connectivity index (χ0v) is 18.3. The van der Waals surface area contributed by atoms with Crippen molar-refractivity contribution in [3.05, 3.63) is 0 Å². The molecule has 0 aromatic rings. The summed E-state index contributed by atoms with van der Waals surface area (Å²) in [5.41, 5.74) is 0. The van der Waals surface area contributed by atoms with Crippen LogP contribution in [-0.4, -0.2) is 21.2 Å². The van der Waals surface area contributed by atoms with E-state index in [-0.39, 0.29) is 0 Å². The molecule has 3 unspecified atom stereocenters. The van der Waals surface area contributed by atoms with Crippen molar-refractivity contribution in [3.63, 3.8) is 0 Å². The normalized spacial score (nSPS) is 20.6. The molecule has 0 aromatic heterocycles. The summed E-state index contributed by atoms with van der Waals surface area (Å²) in [5.74, 6) is 0. The van der Waals surface area contributed by atoms with Crippen LogP contribution in [0, 0.1) is 0 Å². The first kappa shape index (κ1) is 19.1. The number of hydrogen-bond acceptors (Lipinski definition) is 0. The van der Waals surface area contributed by atoms with E-state index in [4.69, 9.17) is 0 Å². The minimum atomic E-state index is -1.22. The van der Waals surface area contributed by atoms with Crippen LogP contribution in [0.4, 0.5) is 0 Å². The molecule has 0 spiro atoms. The van der Waals surface area contributed by atoms with E-state index >= 15 is 0 Å². The van der Waals surface area contributed by atoms with Gasteiger partial charge in [-0.1, -0.05) is 68.6 Å². The van der Waals surface area contributed by atoms with E-state index < -0.39 is 6.69 Å². The SMILES string of the molecule is CC(Br)CC[Si](Br)(CCC(C)Br)CCC(C)Br. The summed E-state index contributed by atoms with van der Waals surface area (Å²) >= 11 is 15.2. The van der Waals surface area contributed by atoms with Crippen molar-refractivity contribution >= 4 is 69.8 Å². The number of halogens is 4. The Hall–Kier alpha value is 2.14. The second kappa shape index (κ2) is 9.95. The van der Waals surface area contributed by atoms with Gasteiger partial charge in [0.15, 0.2) is 0 Å². The van der Waals surface area contributed by atoms with Gasteiger partial charge in [-0.15, -0.1) is 15.3 Å². The third kappa shape index (κ3) is 11.6. The molecule has 17 heavy (non-hydrogen) atoms. The van der Waals surface area contributed by atoms with Gasteiger partial charge in [-0.05, 0) is 37.4 Å². The van der Waals surface area contributed by atoms with Gasteiger partial charge in [0.25, 0.3) is 0 Å². The van der Waals surface area contributed by atoms with Gasteiger partial charge in [0, 0.05) is 14.5 Å². The Balaban J connectivity index is 4.23. The van der Waals surface area contributed by atoms with Crippen LogP contribution in [0.1, 0.15) is 40.0 Å². The first-order chi connectivity index (χ1) is 7.75. The minimum Gasteiger partial charge on any atom is -0.126 e. The van der Waals surface area contributed by atoms with Crippen molar-refractivity contribution in [2.24, 2.45) is 0 Å². The van der Waals surface area contributed by atoms with Gasteiger partial charge in [0.2, 0.25) is 0 Å². The maximum absolute atomic E-state index is 4.15. The Bertz CT molecular complexity index is 164. The number of hydrogen-bond donors (Lipinski definition) is 0. The van der Waals surface area contributed by atoms with Crippen LogP contribution >= 0.6 is 63.1 Å². The van der Waals surface area contributed by atoms with Crippen LogP contribution in [0.5, 0.6) is 0 Å². The largest absolute Gasteiger partial charge is 0.130 e. The minimum absolute atomic E-state index is 0.648. The smallest absolute Gasteiger partial charge is 0.126 e. The van der Waals surface area contributed by atoms with Gasteiger partial charge < -0.3 is 0 Å². The Labute approximate surface area is 141 Å². The summed E-state index contributed by atoms with van der Waals surface area (Å²) in [5, 5.41) is 0. The highest BCUT2D eigenvalue weighted by Crippen LogP contribution is 2.35. The summed E-state index contributed by atoms with van der Waals surface area (Å²) < 4.78 is 0. The molecule has 0 radical (unpaired) electrons. The summed E-state index contributed by atoms with van der Waals surface area (Å²) in [6.45, 7) is 5.54. The molecule has 3 atom stereocenters. The summed E-state index contributed by atoms with van der Waals surface area (Å²) in [6.07, 6.45) is 3.89. The number of rotatable bonds is 9. The molecule has 104 valence electrons. The topological polar surface area (TPSA) is 0 Å². The molecule has 0 aliphatic carbocycles. The maximum atomic E-state index is 4.15. The highest BCUT2D eigenvalue weighted by atomic mass is 79.9. The molecule has 5 heteroatoms. The van der Waals surface area contributed by atoms with Crippen molar-refractivity contribution in [2.75, 3.05) is 0 Å². The predicted octanol–water partition coefficient (Wildman–Crippen LogP) is 6.85. The highest BCUT2D eigenvalue weighted by Gasteiger charge is 2.30. The molecule has 0 heterocycles. The predicted molar refractivity (Wildman–Crippen MR) is 98.1 cm³/mol. The zero-order valence-electron chi connectivity index (χ0n) is 11.0. The average Bonchev–Trinajstić information content (AvgIpc) is 2.21. The fourth-order valence-corrected chi connectivity index (χ4v) is 9.36. The monoisotopic (exact) mass is 512 g/mol. The Morgan fingerprint density at radius 2 is 0.941 bits per heavy atom. The molecule has 0 amide bonds. The summed E-state index contributed by atoms with van der Waals surface area (Å²) in [7, 11) is 0. The van der Waals surface area contributed by atoms with Crippen molar-refractivity contribution in [3.8, 4) is 0 Å². The molecule has 0 N–H and O–H groups in total. The Morgan fingerprint density at radius 3 is 1.12 bits per heavy atom. The summed E-state index contributed by atoms with van der Waals surface area (Å²) in [6, 6.07) is 4.16. The van der Waals surface area contributed by atoms with Crippen LogP contribution in [-0.2, 0) is 0 Å². The van der Waals surface area contributed by atoms with Gasteiger partial charge >= 0.3 is 0 Å². The maximum Gasteiger partial charge on any atom is 0.130 e. The second-order valence-corrected chi connectivity index (χ2v) is 18.6. The van der Waals surface area contributed by atoms with Gasteiger partial charge in [0.1, 0.15) is 6.69 Å². The first-order valence-corrected chi connectivity index (χ1v) is 14.0. The molecule has 0 saturated carbocycles. The van der Waals surface area contributed by atoms with E-state index in [1.165, 1.54) is 37.4 Å². The molecule has 0 aromatic carbocycles. The van der Waals surface area contributed by atoms with Crippen molar-refractivity contribution in [2.45, 2.75) is 72.6 Å². The Kier molecular flexibility index (Phi) is 11.2. The van der Waals surface area contributed by atoms with E-state index in [1.54, 1.807) is 0 Å². The lowest BCUT2D eigenvalue weighted by Crippen LogP contribution is -2.28. The molecule has 0 saturated heterocycles. The molecule has 0 nitrogen and oxygen atoms in total. The molecular weight excluding hydrogens is 492 g/mol. The van der Waals surface area contributed by atoms with E-state index in [2.05, 4.69) is 83.9 Å². The second-order valence-electron chi connectivity index (χ2n) is 5.11. The van der Waals surface area contributed by atoms with E-state index in [1.807, 2.05) is 0 Å². The first-order valence-electron chi connectivity index (χ1n) is 6.36. The molecular formula is C12H24Br4Si. The third-order valence-electron chi connectivity index (χ3n) is 2.97. The molecule has 0 aliphatic rings. The van der Waals surface area contributed by atoms with E-state index in [0.717, 1.165) is 0 Å². The van der Waals surface area contributed by atoms with Crippen LogP contribution in [0.25, 0.3) is 0 Å². The molecule has 0 bridgehead atoms. The average molecular weight is 516 g/mol. The van der Waals surface area contributed by atoms with E-state index in [0.29, 0.717) is 14.5 Å². The fraction of sp³-hybridized carbons (Fsp3) is 1.00. The van der Waals surface area contributed by atoms with Crippen molar-refractivity contribution in [1.82, 2.24) is 0 Å². The summed E-state index contributed by atoms with van der Waals surface area (Å²) in [4.78, 5) is 1.94. The number of alkyl halides is 3. The van der Waals surface area contributed by atoms with E-state index in [9.17, 15) is 0 Å². The lowest BCUT2D eigenvalue weighted by molar-refractivity contribution is 0.837. The van der Waals surface area contributed by atoms with Crippen LogP contribution in [0.2, 0.25) is 18.1 Å². The fourth-order valence-electron chi connectivity index (χ4n) is 1.75. The van der Waals surface area contributed by atoms with Crippen molar-refractivity contribution < 1.29 is 0 Å². The molecule has 0 rings (SSSR count). The van der Waals surface area contributed by atoms with Gasteiger partial charge in [-0.2, -0.15) is 0 Å². The van der Waals surface area contributed by atoms with Gasteiger partial charge in [-0.25, -0.2) is 0 Å². The van der Waals surface area contributed by atoms with Crippen LogP contribution in [0.3, 0.4) is 0 Å². The molecule has 0 fully saturated rings.